The lowest BCUT2D eigenvalue weighted by Gasteiger charge is -2.12. The first kappa shape index (κ1) is 13.1. The fourth-order valence-corrected chi connectivity index (χ4v) is 1.65. The molecule has 0 fully saturated rings. The highest BCUT2D eigenvalue weighted by atomic mass is 16.5. The van der Waals surface area contributed by atoms with Crippen LogP contribution in [0.25, 0.3) is 0 Å². The number of carbonyl (C=O) groups excluding carboxylic acids is 1. The molecule has 1 amide bonds. The number of nitrogens with one attached hydrogen (secondary N) is 2. The van der Waals surface area contributed by atoms with Crippen LogP contribution in [-0.2, 0) is 4.79 Å². The highest BCUT2D eigenvalue weighted by Gasteiger charge is 2.10. The van der Waals surface area contributed by atoms with E-state index in [4.69, 9.17) is 4.74 Å². The van der Waals surface area contributed by atoms with Gasteiger partial charge in [0.1, 0.15) is 5.75 Å². The molecular formula is C14H17N3O2. The van der Waals surface area contributed by atoms with Crippen LogP contribution in [0.4, 0.5) is 0 Å². The van der Waals surface area contributed by atoms with Crippen LogP contribution < -0.4 is 10.1 Å². The predicted octanol–water partition coefficient (Wildman–Crippen LogP) is 1.97. The fraction of sp³-hybridized carbons (Fsp3) is 0.286. The molecule has 0 bridgehead atoms. The molecule has 5 nitrogen and oxygen atoms in total. The fourth-order valence-electron chi connectivity index (χ4n) is 1.65. The smallest absolute Gasteiger partial charge is 0.258 e. The van der Waals surface area contributed by atoms with Crippen LogP contribution in [-0.4, -0.2) is 22.7 Å². The Morgan fingerprint density at radius 2 is 2.16 bits per heavy atom. The summed E-state index contributed by atoms with van der Waals surface area (Å²) in [5.41, 5.74) is 2.09. The molecule has 0 radical (unpaired) electrons. The number of carbonyl (C=O) groups is 1. The Bertz CT molecular complexity index is 520. The third-order valence-corrected chi connectivity index (χ3v) is 2.79. The number of aryl methyl sites for hydroxylation is 1. The number of hydrogen-bond acceptors (Lipinski definition) is 3. The van der Waals surface area contributed by atoms with Gasteiger partial charge in [0.05, 0.1) is 12.2 Å². The Morgan fingerprint density at radius 1 is 1.42 bits per heavy atom. The normalized spacial score (nSPS) is 11.9. The van der Waals surface area contributed by atoms with E-state index < -0.39 is 0 Å². The molecule has 0 saturated carbocycles. The van der Waals surface area contributed by atoms with Gasteiger partial charge in [-0.05, 0) is 26.0 Å². The standard InChI is InChI=1S/C14H17N3O2/c1-10-3-5-13(6-4-10)19-9-14(18)17-11(2)12-7-15-16-8-12/h3-8,11H,9H2,1-2H3,(H,15,16)(H,17,18). The molecule has 19 heavy (non-hydrogen) atoms. The summed E-state index contributed by atoms with van der Waals surface area (Å²) >= 11 is 0. The highest BCUT2D eigenvalue weighted by Crippen LogP contribution is 2.12. The number of aromatic amines is 1. The van der Waals surface area contributed by atoms with Crippen LogP contribution in [0.1, 0.15) is 24.1 Å². The van der Waals surface area contributed by atoms with E-state index in [-0.39, 0.29) is 18.6 Å². The summed E-state index contributed by atoms with van der Waals surface area (Å²) in [7, 11) is 0. The van der Waals surface area contributed by atoms with Crippen LogP contribution in [0.15, 0.2) is 36.7 Å². The third-order valence-electron chi connectivity index (χ3n) is 2.79. The van der Waals surface area contributed by atoms with Gasteiger partial charge in [0.2, 0.25) is 0 Å². The Balaban J connectivity index is 1.80. The van der Waals surface area contributed by atoms with Gasteiger partial charge < -0.3 is 10.1 Å². The van der Waals surface area contributed by atoms with E-state index in [0.29, 0.717) is 5.75 Å². The summed E-state index contributed by atoms with van der Waals surface area (Å²) in [5, 5.41) is 9.40. The zero-order chi connectivity index (χ0) is 13.7. The summed E-state index contributed by atoms with van der Waals surface area (Å²) in [6, 6.07) is 7.50. The van der Waals surface area contributed by atoms with E-state index in [2.05, 4.69) is 15.5 Å². The zero-order valence-corrected chi connectivity index (χ0v) is 11.0. The van der Waals surface area contributed by atoms with Gasteiger partial charge in [-0.15, -0.1) is 0 Å². The quantitative estimate of drug-likeness (QED) is 0.862. The minimum atomic E-state index is -0.158. The Hall–Kier alpha value is -2.30. The van der Waals surface area contributed by atoms with Gasteiger partial charge in [0.25, 0.3) is 5.91 Å². The van der Waals surface area contributed by atoms with Gasteiger partial charge in [-0.2, -0.15) is 5.10 Å². The van der Waals surface area contributed by atoms with Crippen molar-refractivity contribution < 1.29 is 9.53 Å². The van der Waals surface area contributed by atoms with Crippen LogP contribution in [0, 0.1) is 6.92 Å². The van der Waals surface area contributed by atoms with E-state index in [1.807, 2.05) is 38.1 Å². The predicted molar refractivity (Wildman–Crippen MR) is 71.8 cm³/mol. The van der Waals surface area contributed by atoms with Crippen molar-refractivity contribution in [2.24, 2.45) is 0 Å². The molecule has 5 heteroatoms. The van der Waals surface area contributed by atoms with E-state index in [1.165, 1.54) is 0 Å². The van der Waals surface area contributed by atoms with Crippen LogP contribution >= 0.6 is 0 Å². The number of ether oxygens (including phenoxy) is 1. The minimum Gasteiger partial charge on any atom is -0.484 e. The first-order valence-corrected chi connectivity index (χ1v) is 6.12. The molecule has 1 aromatic heterocycles. The van der Waals surface area contributed by atoms with Crippen LogP contribution in [0.2, 0.25) is 0 Å². The molecule has 0 aliphatic carbocycles. The summed E-state index contributed by atoms with van der Waals surface area (Å²) in [6.45, 7) is 3.91. The van der Waals surface area contributed by atoms with Crippen LogP contribution in [0.3, 0.4) is 0 Å². The van der Waals surface area contributed by atoms with Crippen molar-refractivity contribution >= 4 is 5.91 Å². The maximum absolute atomic E-state index is 11.7. The van der Waals surface area contributed by atoms with Crippen molar-refractivity contribution in [1.29, 1.82) is 0 Å². The summed E-state index contributed by atoms with van der Waals surface area (Å²) < 4.78 is 5.41. The lowest BCUT2D eigenvalue weighted by atomic mass is 10.2. The molecule has 2 rings (SSSR count). The highest BCUT2D eigenvalue weighted by molar-refractivity contribution is 5.77. The van der Waals surface area contributed by atoms with Crippen molar-refractivity contribution in [1.82, 2.24) is 15.5 Å². The molecule has 2 aromatic rings. The first-order valence-electron chi connectivity index (χ1n) is 6.12. The average molecular weight is 259 g/mol. The molecule has 0 aliphatic rings. The second kappa shape index (κ2) is 6.04. The Kier molecular flexibility index (Phi) is 4.18. The number of amides is 1. The zero-order valence-electron chi connectivity index (χ0n) is 11.0. The van der Waals surface area contributed by atoms with E-state index in [9.17, 15) is 4.79 Å². The number of benzene rings is 1. The van der Waals surface area contributed by atoms with E-state index >= 15 is 0 Å². The maximum atomic E-state index is 11.7. The number of hydrogen-bond donors (Lipinski definition) is 2. The van der Waals surface area contributed by atoms with E-state index in [1.54, 1.807) is 12.4 Å². The SMILES string of the molecule is Cc1ccc(OCC(=O)NC(C)c2cn[nH]c2)cc1. The van der Waals surface area contributed by atoms with Gasteiger partial charge in [-0.25, -0.2) is 0 Å². The Labute approximate surface area is 112 Å². The number of aromatic nitrogens is 2. The van der Waals surface area contributed by atoms with Crippen molar-refractivity contribution in [3.8, 4) is 5.75 Å². The second-order valence-corrected chi connectivity index (χ2v) is 4.42. The monoisotopic (exact) mass is 259 g/mol. The van der Waals surface area contributed by atoms with Crippen molar-refractivity contribution in [2.45, 2.75) is 19.9 Å². The largest absolute Gasteiger partial charge is 0.484 e. The number of rotatable bonds is 5. The molecule has 100 valence electrons. The van der Waals surface area contributed by atoms with Gasteiger partial charge in [-0.1, -0.05) is 17.7 Å². The van der Waals surface area contributed by atoms with Crippen molar-refractivity contribution in [3.63, 3.8) is 0 Å². The topological polar surface area (TPSA) is 67.0 Å². The average Bonchev–Trinajstić information content (AvgIpc) is 2.92. The first-order chi connectivity index (χ1) is 9.15. The minimum absolute atomic E-state index is 0.00521. The van der Waals surface area contributed by atoms with Crippen molar-refractivity contribution in [2.75, 3.05) is 6.61 Å². The number of nitrogens with zero attached hydrogens (tertiary/aromatic N) is 1. The summed E-state index contributed by atoms with van der Waals surface area (Å²) in [5.74, 6) is 0.533. The van der Waals surface area contributed by atoms with Gasteiger partial charge >= 0.3 is 0 Å². The molecule has 0 saturated heterocycles. The van der Waals surface area contributed by atoms with E-state index in [0.717, 1.165) is 11.1 Å². The lowest BCUT2D eigenvalue weighted by Crippen LogP contribution is -2.31. The maximum Gasteiger partial charge on any atom is 0.258 e. The summed E-state index contributed by atoms with van der Waals surface area (Å²) in [4.78, 5) is 11.7. The Morgan fingerprint density at radius 3 is 2.79 bits per heavy atom. The van der Waals surface area contributed by atoms with Gasteiger partial charge in [0, 0.05) is 11.8 Å². The molecule has 1 aromatic carbocycles. The van der Waals surface area contributed by atoms with Crippen molar-refractivity contribution in [3.05, 3.63) is 47.8 Å². The van der Waals surface area contributed by atoms with Crippen LogP contribution in [0.5, 0.6) is 5.75 Å². The second-order valence-electron chi connectivity index (χ2n) is 4.42. The number of H-pyrrole nitrogens is 1. The molecule has 2 N–H and O–H groups in total. The molecule has 1 unspecified atom stereocenters. The molecular weight excluding hydrogens is 242 g/mol. The molecule has 1 heterocycles. The molecule has 1 atom stereocenters. The lowest BCUT2D eigenvalue weighted by molar-refractivity contribution is -0.123. The molecule has 0 aliphatic heterocycles. The summed E-state index contributed by atoms with van der Waals surface area (Å²) in [6.07, 6.45) is 3.44. The van der Waals surface area contributed by atoms with Gasteiger partial charge in [-0.3, -0.25) is 9.89 Å². The molecule has 0 spiro atoms. The van der Waals surface area contributed by atoms with Gasteiger partial charge in [0.15, 0.2) is 6.61 Å². The third kappa shape index (κ3) is 3.84.